The number of rotatable bonds is 12. The van der Waals surface area contributed by atoms with Crippen molar-refractivity contribution in [3.8, 4) is 0 Å². The minimum absolute atomic E-state index is 0.295. The van der Waals surface area contributed by atoms with E-state index in [4.69, 9.17) is 5.73 Å². The van der Waals surface area contributed by atoms with Crippen molar-refractivity contribution in [3.05, 3.63) is 11.8 Å². The number of halogens is 1. The van der Waals surface area contributed by atoms with Crippen LogP contribution >= 0.6 is 0 Å². The van der Waals surface area contributed by atoms with Gasteiger partial charge in [-0.3, -0.25) is 0 Å². The fourth-order valence-corrected chi connectivity index (χ4v) is 1.60. The van der Waals surface area contributed by atoms with Crippen molar-refractivity contribution in [3.63, 3.8) is 0 Å². The van der Waals surface area contributed by atoms with Gasteiger partial charge in [0.15, 0.2) is 0 Å². The van der Waals surface area contributed by atoms with E-state index < -0.39 is 12.8 Å². The number of nitrogens with two attached hydrogens (primary N) is 1. The molecule has 0 saturated carbocycles. The molecular formula is C13H28FN3O. The smallest absolute Gasteiger partial charge is 0.110 e. The first-order valence-corrected chi connectivity index (χ1v) is 6.82. The summed E-state index contributed by atoms with van der Waals surface area (Å²) >= 11 is 0. The summed E-state index contributed by atoms with van der Waals surface area (Å²) in [5.74, 6) is 0. The zero-order chi connectivity index (χ0) is 13.6. The van der Waals surface area contributed by atoms with Crippen molar-refractivity contribution in [1.29, 1.82) is 0 Å². The second-order valence-electron chi connectivity index (χ2n) is 4.36. The fourth-order valence-electron chi connectivity index (χ4n) is 1.60. The van der Waals surface area contributed by atoms with Crippen LogP contribution in [-0.4, -0.2) is 44.1 Å². The van der Waals surface area contributed by atoms with Gasteiger partial charge in [0.1, 0.15) is 6.67 Å². The Hall–Kier alpha value is -0.650. The van der Waals surface area contributed by atoms with Gasteiger partial charge in [-0.15, -0.1) is 0 Å². The molecule has 5 heteroatoms. The molecule has 0 spiro atoms. The highest BCUT2D eigenvalue weighted by Crippen LogP contribution is 2.01. The normalized spacial score (nSPS) is 13.7. The van der Waals surface area contributed by atoms with Gasteiger partial charge < -0.3 is 21.5 Å². The van der Waals surface area contributed by atoms with Gasteiger partial charge in [-0.25, -0.2) is 4.39 Å². The summed E-state index contributed by atoms with van der Waals surface area (Å²) in [6.07, 6.45) is 5.15. The summed E-state index contributed by atoms with van der Waals surface area (Å²) in [7, 11) is 0. The Balaban J connectivity index is 3.40. The average molecular weight is 261 g/mol. The first-order chi connectivity index (χ1) is 8.74. The SMILES string of the molecule is CCC/C(=C\CF)NCCCCNCC(O)CN. The van der Waals surface area contributed by atoms with Gasteiger partial charge >= 0.3 is 0 Å². The summed E-state index contributed by atoms with van der Waals surface area (Å²) in [5.41, 5.74) is 6.29. The monoisotopic (exact) mass is 261 g/mol. The van der Waals surface area contributed by atoms with Crippen molar-refractivity contribution < 1.29 is 9.50 Å². The van der Waals surface area contributed by atoms with Gasteiger partial charge in [0.25, 0.3) is 0 Å². The molecule has 0 saturated heterocycles. The number of aliphatic hydroxyl groups excluding tert-OH is 1. The van der Waals surface area contributed by atoms with Crippen molar-refractivity contribution in [2.24, 2.45) is 5.73 Å². The molecule has 0 aromatic carbocycles. The van der Waals surface area contributed by atoms with Crippen LogP contribution in [0.3, 0.4) is 0 Å². The minimum Gasteiger partial charge on any atom is -0.390 e. The molecule has 1 unspecified atom stereocenters. The van der Waals surface area contributed by atoms with E-state index in [9.17, 15) is 9.50 Å². The molecule has 0 aliphatic heterocycles. The molecule has 0 aromatic heterocycles. The Morgan fingerprint density at radius 2 is 2.11 bits per heavy atom. The van der Waals surface area contributed by atoms with Gasteiger partial charge in [-0.2, -0.15) is 0 Å². The first kappa shape index (κ1) is 17.4. The molecule has 0 heterocycles. The van der Waals surface area contributed by atoms with Gasteiger partial charge in [-0.05, 0) is 31.9 Å². The summed E-state index contributed by atoms with van der Waals surface area (Å²) in [5, 5.41) is 15.6. The molecule has 0 aliphatic carbocycles. The van der Waals surface area contributed by atoms with Crippen LogP contribution in [0.25, 0.3) is 0 Å². The Kier molecular flexibility index (Phi) is 12.3. The van der Waals surface area contributed by atoms with Crippen molar-refractivity contribution >= 4 is 0 Å². The van der Waals surface area contributed by atoms with Crippen LogP contribution in [0, 0.1) is 0 Å². The maximum absolute atomic E-state index is 12.2. The lowest BCUT2D eigenvalue weighted by atomic mass is 10.2. The zero-order valence-corrected chi connectivity index (χ0v) is 11.4. The van der Waals surface area contributed by atoms with Gasteiger partial charge in [0, 0.05) is 25.3 Å². The number of allylic oxidation sites excluding steroid dienone is 2. The van der Waals surface area contributed by atoms with Crippen molar-refractivity contribution in [2.45, 2.75) is 38.7 Å². The first-order valence-electron chi connectivity index (χ1n) is 6.82. The highest BCUT2D eigenvalue weighted by atomic mass is 19.1. The van der Waals surface area contributed by atoms with E-state index in [0.717, 1.165) is 44.5 Å². The lowest BCUT2D eigenvalue weighted by Crippen LogP contribution is -2.33. The van der Waals surface area contributed by atoms with E-state index >= 15 is 0 Å². The van der Waals surface area contributed by atoms with Gasteiger partial charge in [-0.1, -0.05) is 13.3 Å². The van der Waals surface area contributed by atoms with Crippen LogP contribution in [0.5, 0.6) is 0 Å². The largest absolute Gasteiger partial charge is 0.390 e. The molecular weight excluding hydrogens is 233 g/mol. The van der Waals surface area contributed by atoms with E-state index in [-0.39, 0.29) is 0 Å². The fraction of sp³-hybridized carbons (Fsp3) is 0.846. The van der Waals surface area contributed by atoms with Crippen LogP contribution in [0.2, 0.25) is 0 Å². The van der Waals surface area contributed by atoms with Crippen LogP contribution < -0.4 is 16.4 Å². The third kappa shape index (κ3) is 10.5. The van der Waals surface area contributed by atoms with E-state index in [1.54, 1.807) is 6.08 Å². The topological polar surface area (TPSA) is 70.3 Å². The van der Waals surface area contributed by atoms with E-state index in [1.807, 2.05) is 0 Å². The van der Waals surface area contributed by atoms with Crippen molar-refractivity contribution in [2.75, 3.05) is 32.9 Å². The number of hydrogen-bond donors (Lipinski definition) is 4. The van der Waals surface area contributed by atoms with Crippen LogP contribution in [0.4, 0.5) is 4.39 Å². The third-order valence-electron chi connectivity index (χ3n) is 2.63. The van der Waals surface area contributed by atoms with Gasteiger partial charge in [0.2, 0.25) is 0 Å². The lowest BCUT2D eigenvalue weighted by molar-refractivity contribution is 0.179. The molecule has 0 fully saturated rings. The molecule has 0 radical (unpaired) electrons. The summed E-state index contributed by atoms with van der Waals surface area (Å²) < 4.78 is 12.2. The summed E-state index contributed by atoms with van der Waals surface area (Å²) in [6.45, 7) is 4.26. The Labute approximate surface area is 110 Å². The number of aliphatic hydroxyl groups is 1. The molecule has 5 N–H and O–H groups in total. The Morgan fingerprint density at radius 3 is 2.72 bits per heavy atom. The maximum Gasteiger partial charge on any atom is 0.110 e. The quantitative estimate of drug-likeness (QED) is 0.394. The number of alkyl halides is 1. The average Bonchev–Trinajstić information content (AvgIpc) is 2.37. The summed E-state index contributed by atoms with van der Waals surface area (Å²) in [4.78, 5) is 0. The molecule has 18 heavy (non-hydrogen) atoms. The van der Waals surface area contributed by atoms with E-state index in [0.29, 0.717) is 13.1 Å². The highest BCUT2D eigenvalue weighted by Gasteiger charge is 1.99. The van der Waals surface area contributed by atoms with E-state index in [1.165, 1.54) is 0 Å². The second kappa shape index (κ2) is 12.8. The standard InChI is InChI=1S/C13H28FN3O/c1-2-5-12(6-7-14)17-9-4-3-8-16-11-13(18)10-15/h6,13,16-18H,2-5,7-11,15H2,1H3/b12-6+. The number of unbranched alkanes of at least 4 members (excludes halogenated alkanes) is 1. The number of nitrogens with one attached hydrogen (secondary N) is 2. The Bertz CT molecular complexity index is 212. The number of hydrogen-bond acceptors (Lipinski definition) is 4. The minimum atomic E-state index is -0.452. The molecule has 108 valence electrons. The summed E-state index contributed by atoms with van der Waals surface area (Å²) in [6, 6.07) is 0. The molecule has 1 atom stereocenters. The van der Waals surface area contributed by atoms with Crippen LogP contribution in [0.15, 0.2) is 11.8 Å². The molecule has 0 bridgehead atoms. The van der Waals surface area contributed by atoms with Crippen LogP contribution in [-0.2, 0) is 0 Å². The molecule has 0 amide bonds. The zero-order valence-electron chi connectivity index (χ0n) is 11.4. The predicted octanol–water partition coefficient (Wildman–Crippen LogP) is 0.919. The highest BCUT2D eigenvalue weighted by molar-refractivity contribution is 4.99. The molecule has 4 nitrogen and oxygen atoms in total. The molecule has 0 aliphatic rings. The van der Waals surface area contributed by atoms with Gasteiger partial charge in [0.05, 0.1) is 6.10 Å². The third-order valence-corrected chi connectivity index (χ3v) is 2.63. The molecule has 0 aromatic rings. The molecule has 0 rings (SSSR count). The van der Waals surface area contributed by atoms with Crippen LogP contribution in [0.1, 0.15) is 32.6 Å². The second-order valence-corrected chi connectivity index (χ2v) is 4.36. The predicted molar refractivity (Wildman–Crippen MR) is 74.1 cm³/mol. The van der Waals surface area contributed by atoms with Crippen molar-refractivity contribution in [1.82, 2.24) is 10.6 Å². The maximum atomic E-state index is 12.2. The Morgan fingerprint density at radius 1 is 1.39 bits per heavy atom. The lowest BCUT2D eigenvalue weighted by Gasteiger charge is -2.11. The van der Waals surface area contributed by atoms with E-state index in [2.05, 4.69) is 17.6 Å².